The third-order valence-electron chi connectivity index (χ3n) is 6.10. The van der Waals surface area contributed by atoms with Gasteiger partial charge in [-0.25, -0.2) is 0 Å². The summed E-state index contributed by atoms with van der Waals surface area (Å²) in [7, 11) is 0. The highest BCUT2D eigenvalue weighted by Crippen LogP contribution is 2.48. The lowest BCUT2D eigenvalue weighted by Crippen LogP contribution is -1.97. The Hall–Kier alpha value is -3.00. The van der Waals surface area contributed by atoms with Crippen LogP contribution < -0.4 is 0 Å². The van der Waals surface area contributed by atoms with Gasteiger partial charge in [-0.15, -0.1) is 0 Å². The molecule has 138 valence electrons. The quantitative estimate of drug-likeness (QED) is 0.179. The summed E-state index contributed by atoms with van der Waals surface area (Å²) in [4.78, 5) is 0. The van der Waals surface area contributed by atoms with E-state index < -0.39 is 0 Å². The average Bonchev–Trinajstić information content (AvgIpc) is 2.70. The fourth-order valence-corrected chi connectivity index (χ4v) is 4.82. The summed E-state index contributed by atoms with van der Waals surface area (Å²) in [6.07, 6.45) is 4.72. The van der Waals surface area contributed by atoms with E-state index in [1.54, 1.807) is 0 Å². The fraction of sp³-hybridized carbons (Fsp3) is 0.231. The van der Waals surface area contributed by atoms with Crippen LogP contribution in [0.1, 0.15) is 37.3 Å². The van der Waals surface area contributed by atoms with Crippen molar-refractivity contribution < 1.29 is 8.83 Å². The molecule has 0 unspecified atom stereocenters. The molecular weight excluding hydrogens is 344 g/mol. The molecule has 2 aliphatic rings. The van der Waals surface area contributed by atoms with Crippen molar-refractivity contribution in [3.63, 3.8) is 0 Å². The Morgan fingerprint density at radius 1 is 0.714 bits per heavy atom. The largest absolute Gasteiger partial charge is 0.456 e. The van der Waals surface area contributed by atoms with Crippen LogP contribution in [0.4, 0.5) is 0 Å². The zero-order chi connectivity index (χ0) is 18.8. The maximum absolute atomic E-state index is 6.58. The van der Waals surface area contributed by atoms with Crippen molar-refractivity contribution in [2.24, 2.45) is 0 Å². The molecule has 0 saturated heterocycles. The van der Waals surface area contributed by atoms with Gasteiger partial charge in [-0.05, 0) is 59.9 Å². The van der Waals surface area contributed by atoms with Crippen molar-refractivity contribution in [2.75, 3.05) is 0 Å². The van der Waals surface area contributed by atoms with E-state index in [4.69, 9.17) is 8.83 Å². The van der Waals surface area contributed by atoms with Crippen molar-refractivity contribution in [3.05, 3.63) is 59.7 Å². The molecule has 2 nitrogen and oxygen atoms in total. The van der Waals surface area contributed by atoms with Crippen LogP contribution in [0, 0.1) is 6.92 Å². The van der Waals surface area contributed by atoms with Gasteiger partial charge in [0.1, 0.15) is 22.3 Å². The fourth-order valence-electron chi connectivity index (χ4n) is 4.82. The number of rotatable bonds is 4. The van der Waals surface area contributed by atoms with E-state index in [0.717, 1.165) is 28.8 Å². The molecular formula is C26H22O2. The predicted octanol–water partition coefficient (Wildman–Crippen LogP) is 8.07. The Balaban J connectivity index is 1.80. The van der Waals surface area contributed by atoms with Crippen molar-refractivity contribution in [1.82, 2.24) is 0 Å². The van der Waals surface area contributed by atoms with Crippen molar-refractivity contribution in [2.45, 2.75) is 39.5 Å². The van der Waals surface area contributed by atoms with E-state index in [0.29, 0.717) is 0 Å². The average molecular weight is 366 g/mol. The van der Waals surface area contributed by atoms with Gasteiger partial charge in [0.25, 0.3) is 0 Å². The molecule has 4 aromatic rings. The van der Waals surface area contributed by atoms with Gasteiger partial charge in [-0.3, -0.25) is 0 Å². The molecule has 0 atom stereocenters. The van der Waals surface area contributed by atoms with E-state index in [2.05, 4.69) is 62.4 Å². The van der Waals surface area contributed by atoms with Crippen LogP contribution in [0.25, 0.3) is 55.0 Å². The minimum Gasteiger partial charge on any atom is -0.456 e. The number of unbranched alkanes of at least 4 members (excludes halogenated alkanes) is 2. The van der Waals surface area contributed by atoms with E-state index in [1.807, 2.05) is 0 Å². The maximum Gasteiger partial charge on any atom is 0.139 e. The van der Waals surface area contributed by atoms with Gasteiger partial charge >= 0.3 is 0 Å². The van der Waals surface area contributed by atoms with Gasteiger partial charge < -0.3 is 8.83 Å². The van der Waals surface area contributed by atoms with Crippen LogP contribution in [-0.2, 0) is 6.42 Å². The van der Waals surface area contributed by atoms with Gasteiger partial charge in [0, 0.05) is 21.9 Å². The summed E-state index contributed by atoms with van der Waals surface area (Å²) < 4.78 is 13.0. The summed E-state index contributed by atoms with van der Waals surface area (Å²) in [6.45, 7) is 4.36. The van der Waals surface area contributed by atoms with Gasteiger partial charge in [0.05, 0.1) is 0 Å². The number of hydrogen-bond donors (Lipinski definition) is 0. The summed E-state index contributed by atoms with van der Waals surface area (Å²) in [5, 5.41) is 4.81. The second-order valence-corrected chi connectivity index (χ2v) is 8.05. The zero-order valence-corrected chi connectivity index (χ0v) is 16.3. The molecule has 2 aliphatic heterocycles. The topological polar surface area (TPSA) is 26.3 Å². The number of hydrogen-bond acceptors (Lipinski definition) is 2. The molecule has 0 aliphatic carbocycles. The number of aryl methyl sites for hydroxylation is 2. The number of benzene rings is 4. The highest BCUT2D eigenvalue weighted by molar-refractivity contribution is 6.23. The molecule has 4 aromatic carbocycles. The van der Waals surface area contributed by atoms with E-state index in [9.17, 15) is 0 Å². The molecule has 0 amide bonds. The second-order valence-electron chi connectivity index (χ2n) is 8.05. The van der Waals surface area contributed by atoms with E-state index >= 15 is 0 Å². The molecule has 2 heteroatoms. The van der Waals surface area contributed by atoms with Crippen LogP contribution in [0.15, 0.2) is 57.4 Å². The molecule has 28 heavy (non-hydrogen) atoms. The van der Waals surface area contributed by atoms with Crippen LogP contribution in [-0.4, -0.2) is 0 Å². The third kappa shape index (κ3) is 2.09. The van der Waals surface area contributed by atoms with Crippen LogP contribution in [0.2, 0.25) is 0 Å². The molecule has 0 fully saturated rings. The zero-order valence-electron chi connectivity index (χ0n) is 16.3. The summed E-state index contributed by atoms with van der Waals surface area (Å²) in [5.74, 6) is 0. The van der Waals surface area contributed by atoms with Gasteiger partial charge in [0.2, 0.25) is 0 Å². The standard InChI is InChI=1S/C26H22O2/c1-3-4-5-6-17-8-7-16-9-11-19-25-23(16)26(17)28-20-12-10-18-13-15(2)14-21(27-19)22(18)24(20)25/h7-14H,3-6H2,1-2H3. The minimum atomic E-state index is 0.935. The summed E-state index contributed by atoms with van der Waals surface area (Å²) >= 11 is 0. The Morgan fingerprint density at radius 2 is 1.46 bits per heavy atom. The second kappa shape index (κ2) is 5.75. The highest BCUT2D eigenvalue weighted by atomic mass is 16.3. The molecule has 0 saturated carbocycles. The lowest BCUT2D eigenvalue weighted by Gasteiger charge is -2.21. The van der Waals surface area contributed by atoms with Gasteiger partial charge in [-0.2, -0.15) is 0 Å². The first-order chi connectivity index (χ1) is 13.7. The monoisotopic (exact) mass is 366 g/mol. The van der Waals surface area contributed by atoms with Crippen molar-refractivity contribution in [1.29, 1.82) is 0 Å². The Kier molecular flexibility index (Phi) is 3.28. The van der Waals surface area contributed by atoms with Crippen molar-refractivity contribution in [3.8, 4) is 11.1 Å². The Bertz CT molecular complexity index is 1430. The molecule has 0 spiro atoms. The molecule has 0 radical (unpaired) electrons. The van der Waals surface area contributed by atoms with Crippen molar-refractivity contribution >= 4 is 43.9 Å². The predicted molar refractivity (Wildman–Crippen MR) is 117 cm³/mol. The maximum atomic E-state index is 6.58. The van der Waals surface area contributed by atoms with E-state index in [1.165, 1.54) is 63.1 Å². The van der Waals surface area contributed by atoms with E-state index in [-0.39, 0.29) is 0 Å². The molecule has 6 rings (SSSR count). The molecule has 2 heterocycles. The van der Waals surface area contributed by atoms with Crippen LogP contribution in [0.3, 0.4) is 0 Å². The van der Waals surface area contributed by atoms with Crippen LogP contribution in [0.5, 0.6) is 0 Å². The molecule has 0 aromatic heterocycles. The third-order valence-corrected chi connectivity index (χ3v) is 6.10. The lowest BCUT2D eigenvalue weighted by molar-refractivity contribution is 0.638. The summed E-state index contributed by atoms with van der Waals surface area (Å²) in [6, 6.07) is 17.4. The Labute approximate surface area is 163 Å². The summed E-state index contributed by atoms with van der Waals surface area (Å²) in [5.41, 5.74) is 8.75. The first-order valence-electron chi connectivity index (χ1n) is 10.3. The minimum absolute atomic E-state index is 0.935. The molecule has 0 N–H and O–H groups in total. The smallest absolute Gasteiger partial charge is 0.139 e. The van der Waals surface area contributed by atoms with Crippen LogP contribution >= 0.6 is 0 Å². The van der Waals surface area contributed by atoms with Gasteiger partial charge in [0.15, 0.2) is 0 Å². The lowest BCUT2D eigenvalue weighted by atomic mass is 9.88. The van der Waals surface area contributed by atoms with Gasteiger partial charge in [-0.1, -0.05) is 50.1 Å². The SMILES string of the molecule is CCCCCc1ccc2ccc3oc4cc(C)cc5ccc6oc1c2c3-c6c54. The highest BCUT2D eigenvalue weighted by Gasteiger charge is 2.25. The Morgan fingerprint density at radius 3 is 2.32 bits per heavy atom. The normalized spacial score (nSPS) is 12.5. The molecule has 0 bridgehead atoms. The first kappa shape index (κ1) is 16.0. The first-order valence-corrected chi connectivity index (χ1v) is 10.3.